The van der Waals surface area contributed by atoms with Crippen LogP contribution in [0.1, 0.15) is 20.8 Å². The Morgan fingerprint density at radius 2 is 1.80 bits per heavy atom. The predicted octanol–water partition coefficient (Wildman–Crippen LogP) is 0.907. The topological polar surface area (TPSA) is 101 Å². The molecule has 7 heteroatoms. The summed E-state index contributed by atoms with van der Waals surface area (Å²) < 4.78 is 25.9. The molecule has 6 nitrogen and oxygen atoms in total. The summed E-state index contributed by atoms with van der Waals surface area (Å²) in [5, 5.41) is 2.65. The average molecular weight is 299 g/mol. The predicted molar refractivity (Wildman–Crippen MR) is 78.7 cm³/mol. The second kappa shape index (κ2) is 6.83. The van der Waals surface area contributed by atoms with Crippen molar-refractivity contribution < 1.29 is 13.2 Å². The van der Waals surface area contributed by atoms with Gasteiger partial charge in [0.05, 0.1) is 10.9 Å². The van der Waals surface area contributed by atoms with E-state index in [0.717, 1.165) is 0 Å². The van der Waals surface area contributed by atoms with E-state index in [1.807, 2.05) is 13.8 Å². The third kappa shape index (κ3) is 4.29. The van der Waals surface area contributed by atoms with Crippen molar-refractivity contribution in [2.24, 2.45) is 11.7 Å². The normalized spacial score (nSPS) is 13.2. The molecule has 0 unspecified atom stereocenters. The number of carbonyl (C=O) groups is 1. The van der Waals surface area contributed by atoms with Gasteiger partial charge < -0.3 is 11.1 Å². The fraction of sp³-hybridized carbons (Fsp3) is 0.462. The van der Waals surface area contributed by atoms with Gasteiger partial charge in [-0.3, -0.25) is 4.79 Å². The zero-order valence-corrected chi connectivity index (χ0v) is 12.7. The summed E-state index contributed by atoms with van der Waals surface area (Å²) in [6, 6.07) is 5.35. The van der Waals surface area contributed by atoms with E-state index in [0.29, 0.717) is 12.2 Å². The van der Waals surface area contributed by atoms with Gasteiger partial charge in [-0.2, -0.15) is 0 Å². The molecular weight excluding hydrogens is 278 g/mol. The molecule has 4 N–H and O–H groups in total. The van der Waals surface area contributed by atoms with Gasteiger partial charge in [-0.15, -0.1) is 0 Å². The Labute approximate surface area is 119 Å². The van der Waals surface area contributed by atoms with Gasteiger partial charge in [-0.1, -0.05) is 20.8 Å². The van der Waals surface area contributed by atoms with Crippen LogP contribution in [0.2, 0.25) is 0 Å². The molecule has 1 amide bonds. The van der Waals surface area contributed by atoms with Crippen molar-refractivity contribution in [2.75, 3.05) is 11.9 Å². The fourth-order valence-corrected chi connectivity index (χ4v) is 2.56. The number of amides is 1. The highest BCUT2D eigenvalue weighted by atomic mass is 32.2. The molecule has 1 aromatic rings. The SMILES string of the molecule is CCNS(=O)(=O)c1ccc(NC(=O)[C@@H](N)C(C)C)cc1. The monoisotopic (exact) mass is 299 g/mol. The number of nitrogens with one attached hydrogen (secondary N) is 2. The maximum atomic E-state index is 11.8. The zero-order valence-electron chi connectivity index (χ0n) is 11.9. The molecule has 0 radical (unpaired) electrons. The molecule has 0 saturated carbocycles. The van der Waals surface area contributed by atoms with Crippen LogP contribution in [0.15, 0.2) is 29.2 Å². The Morgan fingerprint density at radius 3 is 2.25 bits per heavy atom. The lowest BCUT2D eigenvalue weighted by Gasteiger charge is -2.15. The molecule has 0 aliphatic rings. The summed E-state index contributed by atoms with van der Waals surface area (Å²) in [5.74, 6) is -0.259. The first kappa shape index (κ1) is 16.6. The van der Waals surface area contributed by atoms with Gasteiger partial charge in [0.2, 0.25) is 15.9 Å². The molecule has 112 valence electrons. The van der Waals surface area contributed by atoms with E-state index in [1.165, 1.54) is 24.3 Å². The summed E-state index contributed by atoms with van der Waals surface area (Å²) in [7, 11) is -3.47. The highest BCUT2D eigenvalue weighted by Gasteiger charge is 2.17. The van der Waals surface area contributed by atoms with E-state index in [2.05, 4.69) is 10.0 Å². The van der Waals surface area contributed by atoms with Crippen LogP contribution in [0.25, 0.3) is 0 Å². The number of hydrogen-bond donors (Lipinski definition) is 3. The van der Waals surface area contributed by atoms with Crippen LogP contribution in [0.3, 0.4) is 0 Å². The third-order valence-electron chi connectivity index (χ3n) is 2.79. The number of rotatable bonds is 6. The third-order valence-corrected chi connectivity index (χ3v) is 4.35. The maximum Gasteiger partial charge on any atom is 0.241 e. The molecular formula is C13H21N3O3S. The lowest BCUT2D eigenvalue weighted by Crippen LogP contribution is -2.39. The molecule has 0 aliphatic carbocycles. The summed E-state index contributed by atoms with van der Waals surface area (Å²) in [4.78, 5) is 11.9. The molecule has 0 spiro atoms. The van der Waals surface area contributed by atoms with E-state index in [1.54, 1.807) is 6.92 Å². The van der Waals surface area contributed by atoms with Crippen LogP contribution in [0, 0.1) is 5.92 Å². The second-order valence-corrected chi connectivity index (χ2v) is 6.55. The molecule has 1 atom stereocenters. The molecule has 0 saturated heterocycles. The quantitative estimate of drug-likeness (QED) is 0.726. The van der Waals surface area contributed by atoms with Crippen LogP contribution in [-0.2, 0) is 14.8 Å². The van der Waals surface area contributed by atoms with Crippen molar-refractivity contribution in [3.8, 4) is 0 Å². The molecule has 0 bridgehead atoms. The van der Waals surface area contributed by atoms with E-state index in [9.17, 15) is 13.2 Å². The van der Waals surface area contributed by atoms with Gasteiger partial charge in [-0.05, 0) is 30.2 Å². The van der Waals surface area contributed by atoms with Gasteiger partial charge in [-0.25, -0.2) is 13.1 Å². The Hall–Kier alpha value is -1.44. The molecule has 20 heavy (non-hydrogen) atoms. The van der Waals surface area contributed by atoms with Crippen LogP contribution >= 0.6 is 0 Å². The van der Waals surface area contributed by atoms with Gasteiger partial charge >= 0.3 is 0 Å². The van der Waals surface area contributed by atoms with Crippen LogP contribution in [0.4, 0.5) is 5.69 Å². The summed E-state index contributed by atoms with van der Waals surface area (Å²) in [5.41, 5.74) is 6.24. The van der Waals surface area contributed by atoms with Gasteiger partial charge in [0, 0.05) is 12.2 Å². The Bertz CT molecular complexity index is 553. The van der Waals surface area contributed by atoms with Crippen molar-refractivity contribution in [3.05, 3.63) is 24.3 Å². The molecule has 0 fully saturated rings. The van der Waals surface area contributed by atoms with Gasteiger partial charge in [0.15, 0.2) is 0 Å². The second-order valence-electron chi connectivity index (χ2n) is 4.78. The Kier molecular flexibility index (Phi) is 5.67. The maximum absolute atomic E-state index is 11.8. The average Bonchev–Trinajstić information content (AvgIpc) is 2.38. The molecule has 0 aliphatic heterocycles. The summed E-state index contributed by atoms with van der Waals surface area (Å²) in [6.07, 6.45) is 0. The van der Waals surface area contributed by atoms with E-state index in [-0.39, 0.29) is 16.7 Å². The highest BCUT2D eigenvalue weighted by molar-refractivity contribution is 7.89. The number of anilines is 1. The Morgan fingerprint density at radius 1 is 1.25 bits per heavy atom. The van der Waals surface area contributed by atoms with Crippen molar-refractivity contribution in [1.29, 1.82) is 0 Å². The minimum absolute atomic E-state index is 0.0309. The van der Waals surface area contributed by atoms with Crippen molar-refractivity contribution in [3.63, 3.8) is 0 Å². The number of carbonyl (C=O) groups excluding carboxylic acids is 1. The molecule has 0 heterocycles. The zero-order chi connectivity index (χ0) is 15.3. The Balaban J connectivity index is 2.80. The van der Waals surface area contributed by atoms with E-state index in [4.69, 9.17) is 5.73 Å². The van der Waals surface area contributed by atoms with Crippen molar-refractivity contribution in [2.45, 2.75) is 31.7 Å². The summed E-state index contributed by atoms with van der Waals surface area (Å²) in [6.45, 7) is 5.75. The highest BCUT2D eigenvalue weighted by Crippen LogP contribution is 2.14. The van der Waals surface area contributed by atoms with Crippen LogP contribution < -0.4 is 15.8 Å². The van der Waals surface area contributed by atoms with Crippen molar-refractivity contribution >= 4 is 21.6 Å². The van der Waals surface area contributed by atoms with E-state index < -0.39 is 16.1 Å². The van der Waals surface area contributed by atoms with Gasteiger partial charge in [0.25, 0.3) is 0 Å². The first-order valence-corrected chi connectivity index (χ1v) is 7.92. The minimum atomic E-state index is -3.47. The number of hydrogen-bond acceptors (Lipinski definition) is 4. The molecule has 1 aromatic carbocycles. The first-order chi connectivity index (χ1) is 9.27. The van der Waals surface area contributed by atoms with Crippen molar-refractivity contribution in [1.82, 2.24) is 4.72 Å². The standard InChI is InChI=1S/C13H21N3O3S/c1-4-15-20(18,19)11-7-5-10(6-8-11)16-13(17)12(14)9(2)3/h5-9,12,15H,4,14H2,1-3H3,(H,16,17)/t12-/m0/s1. The number of sulfonamides is 1. The van der Waals surface area contributed by atoms with E-state index >= 15 is 0 Å². The largest absolute Gasteiger partial charge is 0.325 e. The smallest absolute Gasteiger partial charge is 0.241 e. The van der Waals surface area contributed by atoms with Crippen LogP contribution in [0.5, 0.6) is 0 Å². The first-order valence-electron chi connectivity index (χ1n) is 6.44. The summed E-state index contributed by atoms with van der Waals surface area (Å²) >= 11 is 0. The number of nitrogens with two attached hydrogens (primary N) is 1. The molecule has 0 aromatic heterocycles. The lowest BCUT2D eigenvalue weighted by molar-refractivity contribution is -0.118. The van der Waals surface area contributed by atoms with Crippen LogP contribution in [-0.4, -0.2) is 26.9 Å². The minimum Gasteiger partial charge on any atom is -0.325 e. The number of benzene rings is 1. The molecule has 1 rings (SSSR count). The fourth-order valence-electron chi connectivity index (χ4n) is 1.52. The van der Waals surface area contributed by atoms with Gasteiger partial charge in [0.1, 0.15) is 0 Å². The lowest BCUT2D eigenvalue weighted by atomic mass is 10.1.